The maximum absolute atomic E-state index is 5.53. The summed E-state index contributed by atoms with van der Waals surface area (Å²) in [5, 5.41) is 1.02. The van der Waals surface area contributed by atoms with Crippen LogP contribution in [-0.2, 0) is 4.74 Å². The lowest BCUT2D eigenvalue weighted by molar-refractivity contribution is 0.0758. The van der Waals surface area contributed by atoms with Crippen LogP contribution in [0, 0.1) is 5.41 Å². The molecule has 1 aliphatic rings. The van der Waals surface area contributed by atoms with E-state index >= 15 is 0 Å². The number of allylic oxidation sites excluding steroid dienone is 1. The molecule has 1 fully saturated rings. The van der Waals surface area contributed by atoms with Crippen molar-refractivity contribution in [2.24, 2.45) is 5.41 Å². The molecule has 1 nitrogen and oxygen atoms in total. The third-order valence-electron chi connectivity index (χ3n) is 2.65. The van der Waals surface area contributed by atoms with Crippen LogP contribution in [0.15, 0.2) is 12.7 Å². The molecule has 1 heterocycles. The molecule has 2 atom stereocenters. The highest BCUT2D eigenvalue weighted by molar-refractivity contribution is 9.09. The number of alkyl halides is 1. The van der Waals surface area contributed by atoms with Gasteiger partial charge in [-0.3, -0.25) is 0 Å². The van der Waals surface area contributed by atoms with E-state index in [-0.39, 0.29) is 0 Å². The Morgan fingerprint density at radius 2 is 2.55 bits per heavy atom. The molecule has 11 heavy (non-hydrogen) atoms. The Hall–Kier alpha value is 0.180. The first kappa shape index (κ1) is 9.27. The minimum atomic E-state index is 0.321. The van der Waals surface area contributed by atoms with Crippen LogP contribution in [0.3, 0.4) is 0 Å². The average Bonchev–Trinajstić information content (AvgIpc) is 2.35. The van der Waals surface area contributed by atoms with Crippen molar-refractivity contribution in [3.8, 4) is 0 Å². The summed E-state index contributed by atoms with van der Waals surface area (Å²) >= 11 is 3.55. The summed E-state index contributed by atoms with van der Waals surface area (Å²) in [7, 11) is 0. The van der Waals surface area contributed by atoms with Crippen molar-refractivity contribution in [2.45, 2.75) is 25.9 Å². The standard InChI is InChI=1S/C9H15BrO/c1-3-4-9(7-10)5-6-11-8(9)2/h3,8H,1,4-7H2,2H3. The van der Waals surface area contributed by atoms with Crippen molar-refractivity contribution in [3.63, 3.8) is 0 Å². The molecule has 0 aromatic carbocycles. The molecule has 0 amide bonds. The van der Waals surface area contributed by atoms with Crippen molar-refractivity contribution in [3.05, 3.63) is 12.7 Å². The fourth-order valence-corrected chi connectivity index (χ4v) is 2.57. The Morgan fingerprint density at radius 3 is 2.91 bits per heavy atom. The van der Waals surface area contributed by atoms with Gasteiger partial charge in [0.15, 0.2) is 0 Å². The van der Waals surface area contributed by atoms with Gasteiger partial charge < -0.3 is 4.74 Å². The van der Waals surface area contributed by atoms with Gasteiger partial charge in [-0.25, -0.2) is 0 Å². The maximum atomic E-state index is 5.53. The molecule has 2 unspecified atom stereocenters. The van der Waals surface area contributed by atoms with E-state index < -0.39 is 0 Å². The number of rotatable bonds is 3. The van der Waals surface area contributed by atoms with Gasteiger partial charge in [-0.05, 0) is 19.8 Å². The van der Waals surface area contributed by atoms with Crippen LogP contribution < -0.4 is 0 Å². The van der Waals surface area contributed by atoms with E-state index in [1.165, 1.54) is 0 Å². The molecule has 0 N–H and O–H groups in total. The van der Waals surface area contributed by atoms with Gasteiger partial charge in [0.25, 0.3) is 0 Å². The second kappa shape index (κ2) is 3.72. The first-order chi connectivity index (χ1) is 5.25. The summed E-state index contributed by atoms with van der Waals surface area (Å²) in [6.07, 6.45) is 4.58. The molecule has 1 saturated heterocycles. The molecule has 2 heteroatoms. The van der Waals surface area contributed by atoms with E-state index in [2.05, 4.69) is 29.4 Å². The molecular weight excluding hydrogens is 204 g/mol. The lowest BCUT2D eigenvalue weighted by Crippen LogP contribution is -2.29. The number of hydrogen-bond acceptors (Lipinski definition) is 1. The minimum Gasteiger partial charge on any atom is -0.378 e. The van der Waals surface area contributed by atoms with Gasteiger partial charge in [-0.15, -0.1) is 6.58 Å². The highest BCUT2D eigenvalue weighted by Gasteiger charge is 2.39. The highest BCUT2D eigenvalue weighted by Crippen LogP contribution is 2.39. The van der Waals surface area contributed by atoms with Crippen molar-refractivity contribution >= 4 is 15.9 Å². The molecule has 0 aliphatic carbocycles. The largest absolute Gasteiger partial charge is 0.378 e. The van der Waals surface area contributed by atoms with Gasteiger partial charge in [-0.1, -0.05) is 22.0 Å². The van der Waals surface area contributed by atoms with E-state index in [4.69, 9.17) is 4.74 Å². The van der Waals surface area contributed by atoms with Crippen molar-refractivity contribution in [1.82, 2.24) is 0 Å². The zero-order chi connectivity index (χ0) is 8.32. The van der Waals surface area contributed by atoms with Gasteiger partial charge in [0, 0.05) is 17.4 Å². The van der Waals surface area contributed by atoms with E-state index in [0.717, 1.165) is 24.8 Å². The van der Waals surface area contributed by atoms with Crippen molar-refractivity contribution in [2.75, 3.05) is 11.9 Å². The summed E-state index contributed by atoms with van der Waals surface area (Å²) < 4.78 is 5.53. The molecule has 0 radical (unpaired) electrons. The minimum absolute atomic E-state index is 0.321. The zero-order valence-electron chi connectivity index (χ0n) is 6.98. The van der Waals surface area contributed by atoms with Crippen LogP contribution in [-0.4, -0.2) is 18.0 Å². The number of ether oxygens (including phenoxy) is 1. The van der Waals surface area contributed by atoms with Crippen LogP contribution in [0.1, 0.15) is 19.8 Å². The molecule has 0 aromatic heterocycles. The first-order valence-electron chi connectivity index (χ1n) is 4.03. The van der Waals surface area contributed by atoms with Crippen molar-refractivity contribution in [1.29, 1.82) is 0 Å². The fraction of sp³-hybridized carbons (Fsp3) is 0.778. The molecule has 0 bridgehead atoms. The zero-order valence-corrected chi connectivity index (χ0v) is 8.56. The Kier molecular flexibility index (Phi) is 3.14. The predicted octanol–water partition coefficient (Wildman–Crippen LogP) is 2.75. The predicted molar refractivity (Wildman–Crippen MR) is 51.1 cm³/mol. The third-order valence-corrected chi connectivity index (χ3v) is 3.76. The Morgan fingerprint density at radius 1 is 1.82 bits per heavy atom. The Balaban J connectivity index is 2.64. The lowest BCUT2D eigenvalue weighted by atomic mass is 9.81. The second-order valence-electron chi connectivity index (χ2n) is 3.25. The summed E-state index contributed by atoms with van der Waals surface area (Å²) in [4.78, 5) is 0. The lowest BCUT2D eigenvalue weighted by Gasteiger charge is -2.28. The normalized spacial score (nSPS) is 37.5. The van der Waals surface area contributed by atoms with Gasteiger partial charge in [-0.2, -0.15) is 0 Å². The van der Waals surface area contributed by atoms with Crippen LogP contribution in [0.2, 0.25) is 0 Å². The van der Waals surface area contributed by atoms with E-state index in [9.17, 15) is 0 Å². The van der Waals surface area contributed by atoms with E-state index in [1.807, 2.05) is 6.08 Å². The average molecular weight is 219 g/mol. The quantitative estimate of drug-likeness (QED) is 0.523. The van der Waals surface area contributed by atoms with Gasteiger partial charge in [0.2, 0.25) is 0 Å². The Bertz CT molecular complexity index is 146. The van der Waals surface area contributed by atoms with Gasteiger partial charge >= 0.3 is 0 Å². The molecule has 0 aromatic rings. The molecule has 0 spiro atoms. The van der Waals surface area contributed by atoms with Crippen molar-refractivity contribution < 1.29 is 4.74 Å². The molecule has 1 aliphatic heterocycles. The Labute approximate surface area is 76.9 Å². The molecule has 64 valence electrons. The first-order valence-corrected chi connectivity index (χ1v) is 5.16. The van der Waals surface area contributed by atoms with Crippen LogP contribution in [0.25, 0.3) is 0 Å². The third kappa shape index (κ3) is 1.67. The second-order valence-corrected chi connectivity index (χ2v) is 3.81. The highest BCUT2D eigenvalue weighted by atomic mass is 79.9. The summed E-state index contributed by atoms with van der Waals surface area (Å²) in [5.41, 5.74) is 0.321. The fourth-order valence-electron chi connectivity index (χ4n) is 1.60. The van der Waals surface area contributed by atoms with Crippen LogP contribution in [0.4, 0.5) is 0 Å². The monoisotopic (exact) mass is 218 g/mol. The van der Waals surface area contributed by atoms with E-state index in [0.29, 0.717) is 11.5 Å². The molecule has 0 saturated carbocycles. The number of hydrogen-bond donors (Lipinski definition) is 0. The topological polar surface area (TPSA) is 9.23 Å². The van der Waals surface area contributed by atoms with Gasteiger partial charge in [0.05, 0.1) is 6.10 Å². The molecular formula is C9H15BrO. The summed E-state index contributed by atoms with van der Waals surface area (Å²) in [6.45, 7) is 6.83. The molecule has 1 rings (SSSR count). The maximum Gasteiger partial charge on any atom is 0.0615 e. The van der Waals surface area contributed by atoms with Crippen LogP contribution >= 0.6 is 15.9 Å². The summed E-state index contributed by atoms with van der Waals surface area (Å²) in [6, 6.07) is 0. The van der Waals surface area contributed by atoms with E-state index in [1.54, 1.807) is 0 Å². The van der Waals surface area contributed by atoms with Crippen LogP contribution in [0.5, 0.6) is 0 Å². The SMILES string of the molecule is C=CCC1(CBr)CCOC1C. The number of halogens is 1. The smallest absolute Gasteiger partial charge is 0.0615 e. The van der Waals surface area contributed by atoms with Gasteiger partial charge in [0.1, 0.15) is 0 Å². The summed E-state index contributed by atoms with van der Waals surface area (Å²) in [5.74, 6) is 0.